The quantitative estimate of drug-likeness (QED) is 0.579. The fourth-order valence-electron chi connectivity index (χ4n) is 4.04. The number of carboxylic acids is 1. The summed E-state index contributed by atoms with van der Waals surface area (Å²) < 4.78 is 28.4. The summed E-state index contributed by atoms with van der Waals surface area (Å²) in [5.41, 5.74) is 2.69. The number of nitrogens with zero attached hydrogens (tertiary/aromatic N) is 3. The number of aryl methyl sites for hydroxylation is 1. The first-order chi connectivity index (χ1) is 14.2. The first-order valence-corrected chi connectivity index (χ1v) is 12.4. The van der Waals surface area contributed by atoms with Crippen LogP contribution in [0, 0.1) is 0 Å². The van der Waals surface area contributed by atoms with Crippen LogP contribution in [0.3, 0.4) is 0 Å². The Morgan fingerprint density at radius 3 is 2.50 bits per heavy atom. The minimum absolute atomic E-state index is 0.0822. The van der Waals surface area contributed by atoms with Crippen LogP contribution in [0.25, 0.3) is 16.6 Å². The summed E-state index contributed by atoms with van der Waals surface area (Å²) in [5.74, 6) is -0.645. The maximum Gasteiger partial charge on any atom is 0.335 e. The summed E-state index contributed by atoms with van der Waals surface area (Å²) in [4.78, 5) is 13.8. The van der Waals surface area contributed by atoms with Crippen molar-refractivity contribution in [3.05, 3.63) is 46.1 Å². The van der Waals surface area contributed by atoms with Crippen LogP contribution in [-0.2, 0) is 16.3 Å². The molecule has 3 aromatic rings. The number of aromatic carboxylic acids is 1. The average molecular weight is 492 g/mol. The molecule has 4 rings (SSSR count). The van der Waals surface area contributed by atoms with E-state index in [1.165, 1.54) is 18.4 Å². The number of hydrogen-bond donors (Lipinski definition) is 1. The number of fused-ring (bicyclic) bond motifs is 1. The molecule has 30 heavy (non-hydrogen) atoms. The number of aromatic nitrogens is 2. The number of hydrogen-bond acceptors (Lipinski definition) is 5. The fourth-order valence-corrected chi connectivity index (χ4v) is 5.63. The lowest BCUT2D eigenvalue weighted by molar-refractivity contribution is 0.0697. The lowest BCUT2D eigenvalue weighted by Gasteiger charge is -2.23. The summed E-state index contributed by atoms with van der Waals surface area (Å²) >= 11 is 3.38. The van der Waals surface area contributed by atoms with Gasteiger partial charge in [-0.2, -0.15) is 0 Å². The molecule has 1 aromatic carbocycles. The van der Waals surface area contributed by atoms with Crippen molar-refractivity contribution in [3.8, 4) is 11.1 Å². The molecule has 0 unspecified atom stereocenters. The largest absolute Gasteiger partial charge is 0.478 e. The summed E-state index contributed by atoms with van der Waals surface area (Å²) in [6.45, 7) is 3.49. The van der Waals surface area contributed by atoms with Crippen LogP contribution in [-0.4, -0.2) is 48.5 Å². The Kier molecular flexibility index (Phi) is 5.36. The first-order valence-electron chi connectivity index (χ1n) is 9.74. The summed E-state index contributed by atoms with van der Waals surface area (Å²) in [7, 11) is -3.66. The summed E-state index contributed by atoms with van der Waals surface area (Å²) in [6.07, 6.45) is 3.87. The molecule has 1 N–H and O–H groups in total. The summed E-state index contributed by atoms with van der Waals surface area (Å²) in [6, 6.07) is 8.56. The van der Waals surface area contributed by atoms with Crippen molar-refractivity contribution >= 4 is 43.1 Å². The Morgan fingerprint density at radius 2 is 1.90 bits per heavy atom. The van der Waals surface area contributed by atoms with Gasteiger partial charge >= 0.3 is 5.97 Å². The van der Waals surface area contributed by atoms with Crippen LogP contribution in [0.15, 0.2) is 39.7 Å². The summed E-state index contributed by atoms with van der Waals surface area (Å²) in [5, 5.41) is 14.3. The third kappa shape index (κ3) is 3.60. The molecule has 0 radical (unpaired) electrons. The molecule has 1 saturated heterocycles. The van der Waals surface area contributed by atoms with Crippen molar-refractivity contribution < 1.29 is 18.3 Å². The molecular formula is C21H22BrN3O4S. The Balaban J connectivity index is 2.17. The van der Waals surface area contributed by atoms with Crippen molar-refractivity contribution in [3.63, 3.8) is 0 Å². The van der Waals surface area contributed by atoms with Gasteiger partial charge in [-0.05, 0) is 55.2 Å². The predicted octanol–water partition coefficient (Wildman–Crippen LogP) is 4.03. The van der Waals surface area contributed by atoms with E-state index in [-0.39, 0.29) is 10.5 Å². The van der Waals surface area contributed by atoms with Crippen molar-refractivity contribution in [2.24, 2.45) is 0 Å². The van der Waals surface area contributed by atoms with E-state index in [9.17, 15) is 18.3 Å². The second-order valence-electron chi connectivity index (χ2n) is 7.50. The van der Waals surface area contributed by atoms with Crippen LogP contribution in [0.2, 0.25) is 0 Å². The van der Waals surface area contributed by atoms with Crippen molar-refractivity contribution in [2.75, 3.05) is 24.2 Å². The number of carboxylic acid groups (broad SMARTS) is 1. The van der Waals surface area contributed by atoms with Gasteiger partial charge in [-0.3, -0.25) is 0 Å². The van der Waals surface area contributed by atoms with E-state index in [0.717, 1.165) is 38.0 Å². The number of sulfone groups is 1. The van der Waals surface area contributed by atoms with E-state index in [1.54, 1.807) is 10.6 Å². The predicted molar refractivity (Wildman–Crippen MR) is 119 cm³/mol. The van der Waals surface area contributed by atoms with Gasteiger partial charge in [0.15, 0.2) is 15.7 Å². The molecule has 0 amide bonds. The van der Waals surface area contributed by atoms with Gasteiger partial charge in [0, 0.05) is 35.1 Å². The van der Waals surface area contributed by atoms with Crippen LogP contribution >= 0.6 is 15.9 Å². The smallest absolute Gasteiger partial charge is 0.335 e. The zero-order chi connectivity index (χ0) is 21.6. The van der Waals surface area contributed by atoms with Crippen LogP contribution < -0.4 is 4.90 Å². The molecule has 1 fully saturated rings. The van der Waals surface area contributed by atoms with E-state index in [4.69, 9.17) is 5.10 Å². The van der Waals surface area contributed by atoms with E-state index >= 15 is 0 Å². The molecule has 0 bridgehead atoms. The van der Waals surface area contributed by atoms with Gasteiger partial charge in [-0.15, -0.1) is 5.10 Å². The highest BCUT2D eigenvalue weighted by atomic mass is 79.9. The highest BCUT2D eigenvalue weighted by Gasteiger charge is 2.30. The highest BCUT2D eigenvalue weighted by molar-refractivity contribution is 9.10. The van der Waals surface area contributed by atoms with E-state index in [0.29, 0.717) is 26.9 Å². The topological polar surface area (TPSA) is 92.0 Å². The second-order valence-corrected chi connectivity index (χ2v) is 10.4. The zero-order valence-corrected chi connectivity index (χ0v) is 19.1. The lowest BCUT2D eigenvalue weighted by atomic mass is 10.0. The van der Waals surface area contributed by atoms with Gasteiger partial charge < -0.3 is 10.0 Å². The Bertz CT molecular complexity index is 1260. The fraction of sp³-hybridized carbons (Fsp3) is 0.333. The molecule has 3 heterocycles. The number of halogens is 1. The lowest BCUT2D eigenvalue weighted by Crippen LogP contribution is -2.24. The maximum atomic E-state index is 13.0. The number of rotatable bonds is 5. The molecule has 1 aliphatic heterocycles. The molecule has 2 aromatic heterocycles. The van der Waals surface area contributed by atoms with Crippen LogP contribution in [0.4, 0.5) is 5.82 Å². The second kappa shape index (κ2) is 7.70. The van der Waals surface area contributed by atoms with Crippen molar-refractivity contribution in [1.29, 1.82) is 0 Å². The van der Waals surface area contributed by atoms with Gasteiger partial charge in [0.05, 0.1) is 11.1 Å². The third-order valence-electron chi connectivity index (χ3n) is 5.39. The Labute approximate surface area is 183 Å². The first kappa shape index (κ1) is 20.9. The number of carbonyl (C=O) groups is 1. The maximum absolute atomic E-state index is 13.0. The molecular weight excluding hydrogens is 470 g/mol. The van der Waals surface area contributed by atoms with Gasteiger partial charge in [0.2, 0.25) is 0 Å². The normalized spacial score (nSPS) is 14.6. The highest BCUT2D eigenvalue weighted by Crippen LogP contribution is 2.40. The SMILES string of the molecule is CCc1ccc2c(-c3cc(Br)cc(C(=O)O)c3)c(S(C)(=O)=O)c(N3CCCC3)nn12. The molecule has 9 heteroatoms. The number of anilines is 1. The van der Waals surface area contributed by atoms with Gasteiger partial charge in [-0.1, -0.05) is 22.9 Å². The molecule has 0 atom stereocenters. The molecule has 0 spiro atoms. The van der Waals surface area contributed by atoms with E-state index < -0.39 is 15.8 Å². The monoisotopic (exact) mass is 491 g/mol. The molecule has 1 aliphatic rings. The average Bonchev–Trinajstić information content (AvgIpc) is 3.34. The molecule has 0 aliphatic carbocycles. The minimum atomic E-state index is -3.66. The standard InChI is InChI=1S/C21H22BrN3O4S/c1-3-16-6-7-17-18(13-10-14(21(26)27)12-15(22)11-13)19(30(2,28)29)20(23-25(16)17)24-8-4-5-9-24/h6-7,10-12H,3-5,8-9H2,1-2H3,(H,26,27). The molecule has 0 saturated carbocycles. The third-order valence-corrected chi connectivity index (χ3v) is 6.97. The Hall–Kier alpha value is -2.39. The zero-order valence-electron chi connectivity index (χ0n) is 16.7. The van der Waals surface area contributed by atoms with Crippen LogP contribution in [0.5, 0.6) is 0 Å². The molecule has 7 nitrogen and oxygen atoms in total. The van der Waals surface area contributed by atoms with Crippen molar-refractivity contribution in [1.82, 2.24) is 9.61 Å². The van der Waals surface area contributed by atoms with E-state index in [2.05, 4.69) is 15.9 Å². The van der Waals surface area contributed by atoms with Crippen molar-refractivity contribution in [2.45, 2.75) is 31.1 Å². The van der Waals surface area contributed by atoms with Gasteiger partial charge in [0.1, 0.15) is 4.90 Å². The van der Waals surface area contributed by atoms with Gasteiger partial charge in [0.25, 0.3) is 0 Å². The number of benzene rings is 1. The van der Waals surface area contributed by atoms with Crippen LogP contribution in [0.1, 0.15) is 35.8 Å². The van der Waals surface area contributed by atoms with E-state index in [1.807, 2.05) is 24.0 Å². The van der Waals surface area contributed by atoms with Gasteiger partial charge in [-0.25, -0.2) is 17.7 Å². The minimum Gasteiger partial charge on any atom is -0.478 e. The molecule has 158 valence electrons. The Morgan fingerprint density at radius 1 is 1.20 bits per heavy atom.